The number of hydrogen-bond acceptors (Lipinski definition) is 3. The summed E-state index contributed by atoms with van der Waals surface area (Å²) < 4.78 is 45.0. The number of nitrogens with one attached hydrogen (secondary N) is 1. The minimum Gasteiger partial charge on any atom is -0.494 e. The first-order valence-electron chi connectivity index (χ1n) is 10.2. The number of likely N-dealkylation sites (tertiary alicyclic amines) is 1. The predicted molar refractivity (Wildman–Crippen MR) is 109 cm³/mol. The second-order valence-electron chi connectivity index (χ2n) is 7.67. The van der Waals surface area contributed by atoms with Gasteiger partial charge in [0, 0.05) is 31.6 Å². The second-order valence-corrected chi connectivity index (χ2v) is 7.67. The van der Waals surface area contributed by atoms with Crippen LogP contribution in [0.2, 0.25) is 0 Å². The minimum atomic E-state index is -0.949. The summed E-state index contributed by atoms with van der Waals surface area (Å²) >= 11 is 0. The molecule has 2 aromatic rings. The molecule has 0 aromatic heterocycles. The summed E-state index contributed by atoms with van der Waals surface area (Å²) in [6.45, 7) is 1.21. The molecule has 1 heterocycles. The van der Waals surface area contributed by atoms with Gasteiger partial charge in [-0.15, -0.1) is 0 Å². The summed E-state index contributed by atoms with van der Waals surface area (Å²) in [5.74, 6) is -2.64. The summed E-state index contributed by atoms with van der Waals surface area (Å²) in [6, 6.07) is 7.66. The number of piperidine rings is 1. The number of halogens is 3. The highest BCUT2D eigenvalue weighted by Gasteiger charge is 2.25. The fourth-order valence-corrected chi connectivity index (χ4v) is 3.74. The Labute approximate surface area is 179 Å². The Bertz CT molecular complexity index is 952. The number of amides is 2. The molecule has 0 unspecified atom stereocenters. The Morgan fingerprint density at radius 1 is 1.10 bits per heavy atom. The molecular formula is C23H25F3N2O3. The van der Waals surface area contributed by atoms with Gasteiger partial charge in [-0.05, 0) is 61.1 Å². The zero-order valence-corrected chi connectivity index (χ0v) is 17.3. The highest BCUT2D eigenvalue weighted by molar-refractivity contribution is 5.94. The largest absolute Gasteiger partial charge is 0.494 e. The van der Waals surface area contributed by atoms with Gasteiger partial charge in [0.25, 0.3) is 5.91 Å². The molecule has 31 heavy (non-hydrogen) atoms. The van der Waals surface area contributed by atoms with Gasteiger partial charge in [0.15, 0.2) is 23.2 Å². The van der Waals surface area contributed by atoms with Gasteiger partial charge in [-0.2, -0.15) is 0 Å². The van der Waals surface area contributed by atoms with Crippen LogP contribution in [0.3, 0.4) is 0 Å². The second kappa shape index (κ2) is 10.3. The third-order valence-electron chi connectivity index (χ3n) is 5.46. The number of benzene rings is 2. The molecule has 1 aliphatic rings. The van der Waals surface area contributed by atoms with E-state index >= 15 is 0 Å². The molecule has 8 heteroatoms. The number of rotatable bonds is 7. The van der Waals surface area contributed by atoms with Crippen molar-refractivity contribution in [2.75, 3.05) is 20.2 Å². The van der Waals surface area contributed by atoms with Gasteiger partial charge in [0.05, 0.1) is 7.11 Å². The third kappa shape index (κ3) is 5.99. The van der Waals surface area contributed by atoms with Crippen LogP contribution in [-0.2, 0) is 11.3 Å². The Kier molecular flexibility index (Phi) is 7.55. The zero-order valence-electron chi connectivity index (χ0n) is 17.3. The number of methoxy groups -OCH3 is 1. The van der Waals surface area contributed by atoms with E-state index in [0.29, 0.717) is 25.1 Å². The maximum Gasteiger partial charge on any atom is 0.253 e. The fourth-order valence-electron chi connectivity index (χ4n) is 3.74. The van der Waals surface area contributed by atoms with Crippen LogP contribution in [0, 0.1) is 23.4 Å². The lowest BCUT2D eigenvalue weighted by atomic mass is 9.92. The Morgan fingerprint density at radius 3 is 2.61 bits per heavy atom. The van der Waals surface area contributed by atoms with Crippen molar-refractivity contribution >= 4 is 11.8 Å². The monoisotopic (exact) mass is 434 g/mol. The van der Waals surface area contributed by atoms with E-state index in [2.05, 4.69) is 5.32 Å². The molecule has 1 N–H and O–H groups in total. The maximum atomic E-state index is 13.9. The van der Waals surface area contributed by atoms with E-state index in [4.69, 9.17) is 4.74 Å². The van der Waals surface area contributed by atoms with Crippen LogP contribution in [0.25, 0.3) is 0 Å². The topological polar surface area (TPSA) is 58.6 Å². The molecule has 0 bridgehead atoms. The zero-order chi connectivity index (χ0) is 22.4. The van der Waals surface area contributed by atoms with Gasteiger partial charge in [0.2, 0.25) is 5.91 Å². The average Bonchev–Trinajstić information content (AvgIpc) is 2.78. The molecule has 1 aliphatic heterocycles. The van der Waals surface area contributed by atoms with Crippen molar-refractivity contribution in [1.29, 1.82) is 0 Å². The van der Waals surface area contributed by atoms with Crippen molar-refractivity contribution in [3.05, 3.63) is 65.0 Å². The van der Waals surface area contributed by atoms with Crippen LogP contribution in [0.5, 0.6) is 5.75 Å². The number of carbonyl (C=O) groups is 2. The van der Waals surface area contributed by atoms with Crippen molar-refractivity contribution in [2.45, 2.75) is 32.2 Å². The summed E-state index contributed by atoms with van der Waals surface area (Å²) in [5, 5.41) is 2.70. The molecule has 5 nitrogen and oxygen atoms in total. The molecule has 1 atom stereocenters. The molecule has 2 aromatic carbocycles. The molecular weight excluding hydrogens is 409 g/mol. The fraction of sp³-hybridized carbons (Fsp3) is 0.391. The molecule has 1 fully saturated rings. The predicted octanol–water partition coefficient (Wildman–Crippen LogP) is 4.06. The summed E-state index contributed by atoms with van der Waals surface area (Å²) in [5.41, 5.74) is 0.747. The van der Waals surface area contributed by atoms with Crippen molar-refractivity contribution < 1.29 is 27.5 Å². The highest BCUT2D eigenvalue weighted by Crippen LogP contribution is 2.24. The molecule has 0 radical (unpaired) electrons. The number of hydrogen-bond donors (Lipinski definition) is 1. The minimum absolute atomic E-state index is 0.0856. The van der Waals surface area contributed by atoms with E-state index in [-0.39, 0.29) is 42.0 Å². The Morgan fingerprint density at radius 2 is 1.90 bits per heavy atom. The lowest BCUT2D eigenvalue weighted by Crippen LogP contribution is -2.40. The van der Waals surface area contributed by atoms with Crippen molar-refractivity contribution in [2.24, 2.45) is 5.92 Å². The van der Waals surface area contributed by atoms with Crippen molar-refractivity contribution in [1.82, 2.24) is 10.2 Å². The normalized spacial score (nSPS) is 16.1. The van der Waals surface area contributed by atoms with Gasteiger partial charge in [-0.25, -0.2) is 13.2 Å². The molecule has 2 amide bonds. The standard InChI is InChI=1S/C23H25F3N2O3/c1-31-21-8-6-17(12-20(21)26)23(30)28-10-2-3-15(14-28)5-9-22(29)27-13-16-4-7-18(24)19(25)11-16/h4,6-8,11-12,15H,2-3,5,9-10,13-14H2,1H3,(H,27,29)/t15-/m1/s1. The van der Waals surface area contributed by atoms with Crippen LogP contribution < -0.4 is 10.1 Å². The lowest BCUT2D eigenvalue weighted by Gasteiger charge is -2.33. The number of carbonyl (C=O) groups excluding carboxylic acids is 2. The van der Waals surface area contributed by atoms with Crippen LogP contribution >= 0.6 is 0 Å². The van der Waals surface area contributed by atoms with E-state index < -0.39 is 17.5 Å². The van der Waals surface area contributed by atoms with Crippen molar-refractivity contribution in [3.8, 4) is 5.75 Å². The van der Waals surface area contributed by atoms with Crippen LogP contribution in [0.4, 0.5) is 13.2 Å². The Hall–Kier alpha value is -3.03. The third-order valence-corrected chi connectivity index (χ3v) is 5.46. The Balaban J connectivity index is 1.47. The van der Waals surface area contributed by atoms with Gasteiger partial charge < -0.3 is 15.0 Å². The first-order valence-corrected chi connectivity index (χ1v) is 10.2. The van der Waals surface area contributed by atoms with Crippen LogP contribution in [-0.4, -0.2) is 36.9 Å². The van der Waals surface area contributed by atoms with Crippen LogP contribution in [0.15, 0.2) is 36.4 Å². The van der Waals surface area contributed by atoms with E-state index in [1.165, 1.54) is 25.3 Å². The SMILES string of the molecule is COc1ccc(C(=O)N2CCC[C@H](CCC(=O)NCc3ccc(F)c(F)c3)C2)cc1F. The van der Waals surface area contributed by atoms with Crippen LogP contribution in [0.1, 0.15) is 41.6 Å². The average molecular weight is 434 g/mol. The van der Waals surface area contributed by atoms with E-state index in [1.54, 1.807) is 11.0 Å². The van der Waals surface area contributed by atoms with Gasteiger partial charge >= 0.3 is 0 Å². The molecule has 166 valence electrons. The van der Waals surface area contributed by atoms with Crippen molar-refractivity contribution in [3.63, 3.8) is 0 Å². The smallest absolute Gasteiger partial charge is 0.253 e. The molecule has 0 aliphatic carbocycles. The lowest BCUT2D eigenvalue weighted by molar-refractivity contribution is -0.121. The molecule has 0 spiro atoms. The summed E-state index contributed by atoms with van der Waals surface area (Å²) in [6.07, 6.45) is 2.58. The maximum absolute atomic E-state index is 13.9. The van der Waals surface area contributed by atoms with Gasteiger partial charge in [0.1, 0.15) is 0 Å². The first kappa shape index (κ1) is 22.7. The van der Waals surface area contributed by atoms with E-state index in [1.807, 2.05) is 0 Å². The molecule has 1 saturated heterocycles. The van der Waals surface area contributed by atoms with E-state index in [0.717, 1.165) is 25.0 Å². The summed E-state index contributed by atoms with van der Waals surface area (Å²) in [7, 11) is 1.36. The first-order chi connectivity index (χ1) is 14.9. The number of ether oxygens (including phenoxy) is 1. The quantitative estimate of drug-likeness (QED) is 0.715. The summed E-state index contributed by atoms with van der Waals surface area (Å²) in [4.78, 5) is 26.5. The molecule has 3 rings (SSSR count). The highest BCUT2D eigenvalue weighted by atomic mass is 19.2. The molecule has 0 saturated carbocycles. The van der Waals surface area contributed by atoms with E-state index in [9.17, 15) is 22.8 Å². The number of nitrogens with zero attached hydrogens (tertiary/aromatic N) is 1. The van der Waals surface area contributed by atoms with Gasteiger partial charge in [-0.3, -0.25) is 9.59 Å². The van der Waals surface area contributed by atoms with Gasteiger partial charge in [-0.1, -0.05) is 6.07 Å².